The van der Waals surface area contributed by atoms with E-state index in [0.29, 0.717) is 13.1 Å². The molecule has 148 valence electrons. The van der Waals surface area contributed by atoms with Crippen molar-refractivity contribution < 1.29 is 22.2 Å². The van der Waals surface area contributed by atoms with Gasteiger partial charge in [-0.3, -0.25) is 13.8 Å². The van der Waals surface area contributed by atoms with Gasteiger partial charge < -0.3 is 10.6 Å². The molecule has 0 aliphatic carbocycles. The monoisotopic (exact) mass is 422 g/mol. The van der Waals surface area contributed by atoms with Crippen molar-refractivity contribution in [3.8, 4) is 0 Å². The normalized spacial score (nSPS) is 20.7. The molecule has 2 aliphatic rings. The highest BCUT2D eigenvalue weighted by Gasteiger charge is 2.33. The maximum Gasteiger partial charge on any atom is 0.273 e. The Morgan fingerprint density at radius 3 is 2.71 bits per heavy atom. The van der Waals surface area contributed by atoms with Gasteiger partial charge in [-0.05, 0) is 36.2 Å². The van der Waals surface area contributed by atoms with Crippen LogP contribution in [0.25, 0.3) is 0 Å². The molecule has 4 rings (SSSR count). The third kappa shape index (κ3) is 3.01. The summed E-state index contributed by atoms with van der Waals surface area (Å²) in [4.78, 5) is 24.7. The van der Waals surface area contributed by atoms with E-state index in [4.69, 9.17) is 0 Å². The van der Waals surface area contributed by atoms with Gasteiger partial charge in [-0.15, -0.1) is 0 Å². The van der Waals surface area contributed by atoms with E-state index in [2.05, 4.69) is 16.5 Å². The Morgan fingerprint density at radius 2 is 2.04 bits per heavy atom. The number of hydrogen-bond donors (Lipinski definition) is 2. The standard InChI is InChI=1S/C17H18N4O5S2/c1-27(2,24)20-9-12(10-20)18-16(22)11-5-6-15-13(8-11)19-17(23)14-4-3-7-21(14)28(15,25)26/h3-8,12H,1,9-10H2,2H3,(H,18,22)(H,19,23). The van der Waals surface area contributed by atoms with Crippen molar-refractivity contribution in [3.05, 3.63) is 47.8 Å². The van der Waals surface area contributed by atoms with Crippen LogP contribution in [-0.4, -0.2) is 64.0 Å². The molecular formula is C17H18N4O5S2. The largest absolute Gasteiger partial charge is 0.347 e. The number of nitrogens with one attached hydrogen (secondary N) is 2. The van der Waals surface area contributed by atoms with Crippen LogP contribution in [0.1, 0.15) is 20.8 Å². The summed E-state index contributed by atoms with van der Waals surface area (Å²) in [5, 5.41) is 5.35. The lowest BCUT2D eigenvalue weighted by Crippen LogP contribution is -2.60. The molecule has 2 aliphatic heterocycles. The minimum Gasteiger partial charge on any atom is -0.347 e. The van der Waals surface area contributed by atoms with Gasteiger partial charge >= 0.3 is 0 Å². The van der Waals surface area contributed by atoms with Crippen LogP contribution in [-0.2, 0) is 19.7 Å². The third-order valence-corrected chi connectivity index (χ3v) is 7.84. The molecule has 3 heterocycles. The molecule has 1 aromatic heterocycles. The highest BCUT2D eigenvalue weighted by molar-refractivity contribution is 7.97. The number of carbonyl (C=O) groups excluding carboxylic acids is 2. The van der Waals surface area contributed by atoms with Crippen LogP contribution in [0.4, 0.5) is 5.69 Å². The molecule has 0 bridgehead atoms. The number of anilines is 1. The molecule has 0 radical (unpaired) electrons. The van der Waals surface area contributed by atoms with Crippen LogP contribution < -0.4 is 10.6 Å². The first-order valence-electron chi connectivity index (χ1n) is 8.34. The zero-order valence-electron chi connectivity index (χ0n) is 14.9. The van der Waals surface area contributed by atoms with Crippen molar-refractivity contribution in [3.63, 3.8) is 0 Å². The number of benzene rings is 1. The second-order valence-electron chi connectivity index (χ2n) is 6.84. The van der Waals surface area contributed by atoms with E-state index in [0.717, 1.165) is 3.97 Å². The molecule has 2 aromatic rings. The number of rotatable bonds is 3. The van der Waals surface area contributed by atoms with Crippen molar-refractivity contribution in [2.24, 2.45) is 0 Å². The second-order valence-corrected chi connectivity index (χ2v) is 11.1. The number of aromatic nitrogens is 1. The van der Waals surface area contributed by atoms with Gasteiger partial charge in [0.2, 0.25) is 0 Å². The molecule has 1 aromatic carbocycles. The molecule has 2 amide bonds. The Bertz CT molecular complexity index is 1210. The molecular weight excluding hydrogens is 404 g/mol. The van der Waals surface area contributed by atoms with E-state index < -0.39 is 31.5 Å². The number of carbonyl (C=O) groups is 2. The number of fused-ring (bicyclic) bond motifs is 2. The van der Waals surface area contributed by atoms with Gasteiger partial charge in [-0.2, -0.15) is 0 Å². The first kappa shape index (κ1) is 18.7. The van der Waals surface area contributed by atoms with Gasteiger partial charge in [0.15, 0.2) is 0 Å². The smallest absolute Gasteiger partial charge is 0.273 e. The third-order valence-electron chi connectivity index (χ3n) is 4.70. The lowest BCUT2D eigenvalue weighted by Gasteiger charge is -2.39. The lowest BCUT2D eigenvalue weighted by atomic mass is 10.1. The Balaban J connectivity index is 1.59. The molecule has 1 atom stereocenters. The van der Waals surface area contributed by atoms with Crippen molar-refractivity contribution in [1.29, 1.82) is 0 Å². The average molecular weight is 422 g/mol. The average Bonchev–Trinajstić information content (AvgIpc) is 3.04. The molecule has 1 fully saturated rings. The maximum atomic E-state index is 12.8. The van der Waals surface area contributed by atoms with Crippen LogP contribution in [0.2, 0.25) is 0 Å². The summed E-state index contributed by atoms with van der Waals surface area (Å²) in [6.07, 6.45) is 2.84. The van der Waals surface area contributed by atoms with E-state index in [1.807, 2.05) is 0 Å². The van der Waals surface area contributed by atoms with E-state index in [-0.39, 0.29) is 27.9 Å². The van der Waals surface area contributed by atoms with E-state index in [1.54, 1.807) is 4.31 Å². The summed E-state index contributed by atoms with van der Waals surface area (Å²) in [6, 6.07) is 6.75. The van der Waals surface area contributed by atoms with E-state index >= 15 is 0 Å². The van der Waals surface area contributed by atoms with Gasteiger partial charge in [0.1, 0.15) is 10.6 Å². The summed E-state index contributed by atoms with van der Waals surface area (Å²) in [7, 11) is -6.24. The molecule has 2 N–H and O–H groups in total. The van der Waals surface area contributed by atoms with Gasteiger partial charge in [-0.25, -0.2) is 16.7 Å². The lowest BCUT2D eigenvalue weighted by molar-refractivity contribution is 0.0897. The highest BCUT2D eigenvalue weighted by atomic mass is 32.2. The Labute approximate surface area is 162 Å². The first-order valence-corrected chi connectivity index (χ1v) is 11.9. The van der Waals surface area contributed by atoms with Gasteiger partial charge in [0, 0.05) is 40.8 Å². The zero-order chi connectivity index (χ0) is 20.3. The van der Waals surface area contributed by atoms with Gasteiger partial charge in [0.05, 0.1) is 11.7 Å². The van der Waals surface area contributed by atoms with Crippen LogP contribution in [0.5, 0.6) is 0 Å². The SMILES string of the molecule is C=S(C)(=O)N1CC(NC(=O)c2ccc3c(c2)NC(=O)c2cccn2S3(=O)=O)C1. The highest BCUT2D eigenvalue weighted by Crippen LogP contribution is 2.29. The molecule has 1 saturated heterocycles. The van der Waals surface area contributed by atoms with Crippen molar-refractivity contribution >= 4 is 43.1 Å². The predicted octanol–water partition coefficient (Wildman–Crippen LogP) is -0.0340. The Morgan fingerprint density at radius 1 is 1.32 bits per heavy atom. The fourth-order valence-electron chi connectivity index (χ4n) is 3.15. The van der Waals surface area contributed by atoms with Crippen LogP contribution in [0.15, 0.2) is 41.4 Å². The molecule has 0 saturated carbocycles. The second kappa shape index (κ2) is 6.19. The van der Waals surface area contributed by atoms with Crippen LogP contribution in [0, 0.1) is 0 Å². The molecule has 28 heavy (non-hydrogen) atoms. The number of hydrogen-bond acceptors (Lipinski definition) is 5. The minimum absolute atomic E-state index is 0.00639. The quantitative estimate of drug-likeness (QED) is 0.674. The fourth-order valence-corrected chi connectivity index (χ4v) is 5.61. The predicted molar refractivity (Wildman–Crippen MR) is 105 cm³/mol. The van der Waals surface area contributed by atoms with Crippen molar-refractivity contribution in [1.82, 2.24) is 13.6 Å². The molecule has 0 spiro atoms. The van der Waals surface area contributed by atoms with Gasteiger partial charge in [-0.1, -0.05) is 0 Å². The topological polar surface area (TPSA) is 118 Å². The minimum atomic E-state index is -3.95. The maximum absolute atomic E-state index is 12.8. The summed E-state index contributed by atoms with van der Waals surface area (Å²) in [6.45, 7) is 0.853. The van der Waals surface area contributed by atoms with Crippen molar-refractivity contribution in [2.45, 2.75) is 10.9 Å². The summed E-state index contributed by atoms with van der Waals surface area (Å²) < 4.78 is 40.0. The van der Waals surface area contributed by atoms with E-state index in [1.165, 1.54) is 42.8 Å². The summed E-state index contributed by atoms with van der Waals surface area (Å²) >= 11 is 0. The summed E-state index contributed by atoms with van der Waals surface area (Å²) in [5.74, 6) is 2.61. The summed E-state index contributed by atoms with van der Waals surface area (Å²) in [5.41, 5.74) is 0.255. The van der Waals surface area contributed by atoms with Crippen LogP contribution >= 0.6 is 0 Å². The Kier molecular flexibility index (Phi) is 4.14. The van der Waals surface area contributed by atoms with Crippen molar-refractivity contribution in [2.75, 3.05) is 24.7 Å². The first-order chi connectivity index (χ1) is 13.1. The fraction of sp³-hybridized carbons (Fsp3) is 0.235. The Hall–Kier alpha value is -2.63. The van der Waals surface area contributed by atoms with Crippen LogP contribution in [0.3, 0.4) is 0 Å². The van der Waals surface area contributed by atoms with E-state index in [9.17, 15) is 22.2 Å². The number of nitrogens with zero attached hydrogens (tertiary/aromatic N) is 2. The molecule has 1 unspecified atom stereocenters. The molecule has 11 heteroatoms. The molecule has 9 nitrogen and oxygen atoms in total. The zero-order valence-corrected chi connectivity index (χ0v) is 16.5. The van der Waals surface area contributed by atoms with Gasteiger partial charge in [0.25, 0.3) is 21.8 Å². The number of amides is 2.